The van der Waals surface area contributed by atoms with Crippen molar-refractivity contribution in [3.63, 3.8) is 0 Å². The summed E-state index contributed by atoms with van der Waals surface area (Å²) in [5.74, 6) is -0.0320. The number of carbonyl (C=O) groups is 1. The quantitative estimate of drug-likeness (QED) is 0.487. The Morgan fingerprint density at radius 3 is 2.38 bits per heavy atom. The first-order valence-electron chi connectivity index (χ1n) is 10.3. The number of hydrogen-bond donors (Lipinski definition) is 1. The molecular weight excluding hydrogens is 403 g/mol. The van der Waals surface area contributed by atoms with Crippen LogP contribution in [0.1, 0.15) is 55.3 Å². The van der Waals surface area contributed by atoms with Gasteiger partial charge in [-0.05, 0) is 37.1 Å². The van der Waals surface area contributed by atoms with Gasteiger partial charge in [0.15, 0.2) is 0 Å². The van der Waals surface area contributed by atoms with Gasteiger partial charge in [0.2, 0.25) is 0 Å². The van der Waals surface area contributed by atoms with Crippen LogP contribution in [0.25, 0.3) is 22.2 Å². The van der Waals surface area contributed by atoms with E-state index in [4.69, 9.17) is 28.2 Å². The van der Waals surface area contributed by atoms with E-state index in [0.717, 1.165) is 29.3 Å². The molecule has 0 radical (unpaired) electrons. The van der Waals surface area contributed by atoms with E-state index in [1.165, 1.54) is 32.1 Å². The number of rotatable bonds is 3. The molecular formula is C24H24Cl2N2O. The van der Waals surface area contributed by atoms with Gasteiger partial charge in [0.05, 0.1) is 26.8 Å². The van der Waals surface area contributed by atoms with E-state index >= 15 is 0 Å². The van der Waals surface area contributed by atoms with Crippen molar-refractivity contribution < 1.29 is 4.79 Å². The molecule has 0 saturated heterocycles. The molecule has 1 fully saturated rings. The SMILES string of the molecule is O=C(NC1CCCCCCC1)c1cc(-c2ccc(Cl)c(Cl)c2)nc2ccccc12. The molecule has 0 aliphatic heterocycles. The molecule has 1 aliphatic rings. The van der Waals surface area contributed by atoms with Gasteiger partial charge in [-0.25, -0.2) is 4.98 Å². The lowest BCUT2D eigenvalue weighted by Gasteiger charge is -2.21. The summed E-state index contributed by atoms with van der Waals surface area (Å²) in [6.07, 6.45) is 8.27. The van der Waals surface area contributed by atoms with Crippen molar-refractivity contribution in [3.05, 3.63) is 64.1 Å². The average Bonchev–Trinajstić information content (AvgIpc) is 2.71. The Kier molecular flexibility index (Phi) is 6.37. The fourth-order valence-corrected chi connectivity index (χ4v) is 4.33. The van der Waals surface area contributed by atoms with Crippen LogP contribution in [0, 0.1) is 0 Å². The van der Waals surface area contributed by atoms with E-state index in [9.17, 15) is 4.79 Å². The summed E-state index contributed by atoms with van der Waals surface area (Å²) >= 11 is 12.3. The Hall–Kier alpha value is -2.10. The molecule has 1 saturated carbocycles. The van der Waals surface area contributed by atoms with E-state index in [1.807, 2.05) is 36.4 Å². The number of pyridine rings is 1. The fourth-order valence-electron chi connectivity index (χ4n) is 4.03. The van der Waals surface area contributed by atoms with Crippen LogP contribution >= 0.6 is 23.2 Å². The second-order valence-electron chi connectivity index (χ2n) is 7.72. The van der Waals surface area contributed by atoms with E-state index in [2.05, 4.69) is 5.32 Å². The number of aromatic nitrogens is 1. The maximum absolute atomic E-state index is 13.2. The molecule has 29 heavy (non-hydrogen) atoms. The third-order valence-electron chi connectivity index (χ3n) is 5.62. The Balaban J connectivity index is 1.70. The predicted molar refractivity (Wildman–Crippen MR) is 121 cm³/mol. The molecule has 5 heteroatoms. The molecule has 0 spiro atoms. The molecule has 1 heterocycles. The Labute approximate surface area is 181 Å². The van der Waals surface area contributed by atoms with Gasteiger partial charge < -0.3 is 5.32 Å². The van der Waals surface area contributed by atoms with Crippen LogP contribution in [0.2, 0.25) is 10.0 Å². The molecule has 1 aromatic heterocycles. The van der Waals surface area contributed by atoms with Gasteiger partial charge in [-0.15, -0.1) is 0 Å². The van der Waals surface area contributed by atoms with Crippen molar-refractivity contribution in [1.82, 2.24) is 10.3 Å². The van der Waals surface area contributed by atoms with E-state index in [-0.39, 0.29) is 11.9 Å². The maximum Gasteiger partial charge on any atom is 0.252 e. The van der Waals surface area contributed by atoms with Crippen molar-refractivity contribution in [2.45, 2.75) is 51.0 Å². The molecule has 0 bridgehead atoms. The standard InChI is InChI=1S/C24H24Cl2N2O/c25-20-13-12-16(14-21(20)26)23-15-19(18-10-6-7-11-22(18)28-23)24(29)27-17-8-4-2-1-3-5-9-17/h6-7,10-15,17H,1-5,8-9H2,(H,27,29). The largest absolute Gasteiger partial charge is 0.349 e. The summed E-state index contributed by atoms with van der Waals surface area (Å²) in [4.78, 5) is 18.0. The van der Waals surface area contributed by atoms with Crippen LogP contribution < -0.4 is 5.32 Å². The zero-order valence-corrected chi connectivity index (χ0v) is 17.8. The number of halogens is 2. The highest BCUT2D eigenvalue weighted by Crippen LogP contribution is 2.30. The van der Waals surface area contributed by atoms with E-state index in [0.29, 0.717) is 21.3 Å². The van der Waals surface area contributed by atoms with Crippen molar-refractivity contribution in [1.29, 1.82) is 0 Å². The third kappa shape index (κ3) is 4.73. The highest BCUT2D eigenvalue weighted by atomic mass is 35.5. The molecule has 1 amide bonds. The minimum absolute atomic E-state index is 0.0320. The molecule has 1 N–H and O–H groups in total. The lowest BCUT2D eigenvalue weighted by molar-refractivity contribution is 0.0932. The number of nitrogens with zero attached hydrogens (tertiary/aromatic N) is 1. The van der Waals surface area contributed by atoms with Crippen molar-refractivity contribution in [2.75, 3.05) is 0 Å². The van der Waals surface area contributed by atoms with Gasteiger partial charge in [-0.1, -0.05) is 79.6 Å². The van der Waals surface area contributed by atoms with Crippen LogP contribution in [0.3, 0.4) is 0 Å². The van der Waals surface area contributed by atoms with Gasteiger partial charge in [-0.3, -0.25) is 4.79 Å². The van der Waals surface area contributed by atoms with Gasteiger partial charge in [-0.2, -0.15) is 0 Å². The summed E-state index contributed by atoms with van der Waals surface area (Å²) in [5, 5.41) is 5.11. The predicted octanol–water partition coefficient (Wildman–Crippen LogP) is 7.05. The molecule has 4 rings (SSSR count). The maximum atomic E-state index is 13.2. The molecule has 3 nitrogen and oxygen atoms in total. The molecule has 150 valence electrons. The number of carbonyl (C=O) groups excluding carboxylic acids is 1. The average molecular weight is 427 g/mol. The number of amides is 1. The van der Waals surface area contributed by atoms with Crippen molar-refractivity contribution in [3.8, 4) is 11.3 Å². The highest BCUT2D eigenvalue weighted by Gasteiger charge is 2.18. The third-order valence-corrected chi connectivity index (χ3v) is 6.36. The second kappa shape index (κ2) is 9.15. The van der Waals surface area contributed by atoms with Crippen LogP contribution in [0.5, 0.6) is 0 Å². The van der Waals surface area contributed by atoms with Crippen LogP contribution in [-0.4, -0.2) is 16.9 Å². The fraction of sp³-hybridized carbons (Fsp3) is 0.333. The number of hydrogen-bond acceptors (Lipinski definition) is 2. The Bertz CT molecular complexity index is 1030. The summed E-state index contributed by atoms with van der Waals surface area (Å²) < 4.78 is 0. The summed E-state index contributed by atoms with van der Waals surface area (Å²) in [5.41, 5.74) is 2.99. The smallest absolute Gasteiger partial charge is 0.252 e. The van der Waals surface area contributed by atoms with E-state index in [1.54, 1.807) is 12.1 Å². The first-order chi connectivity index (χ1) is 14.1. The molecule has 3 aromatic rings. The minimum atomic E-state index is -0.0320. The zero-order valence-electron chi connectivity index (χ0n) is 16.3. The second-order valence-corrected chi connectivity index (χ2v) is 8.53. The normalized spacial score (nSPS) is 15.7. The topological polar surface area (TPSA) is 42.0 Å². The Morgan fingerprint density at radius 2 is 1.62 bits per heavy atom. The van der Waals surface area contributed by atoms with Gasteiger partial charge in [0, 0.05) is 17.0 Å². The lowest BCUT2D eigenvalue weighted by Crippen LogP contribution is -2.35. The lowest BCUT2D eigenvalue weighted by atomic mass is 9.96. The first kappa shape index (κ1) is 20.2. The monoisotopic (exact) mass is 426 g/mol. The number of para-hydroxylation sites is 1. The molecule has 2 aromatic carbocycles. The van der Waals surface area contributed by atoms with Crippen LogP contribution in [-0.2, 0) is 0 Å². The molecule has 0 unspecified atom stereocenters. The van der Waals surface area contributed by atoms with Crippen molar-refractivity contribution >= 4 is 40.0 Å². The van der Waals surface area contributed by atoms with Gasteiger partial charge >= 0.3 is 0 Å². The Morgan fingerprint density at radius 1 is 0.897 bits per heavy atom. The van der Waals surface area contributed by atoms with Crippen LogP contribution in [0.4, 0.5) is 0 Å². The summed E-state index contributed by atoms with van der Waals surface area (Å²) in [6, 6.07) is 15.3. The summed E-state index contributed by atoms with van der Waals surface area (Å²) in [6.45, 7) is 0. The summed E-state index contributed by atoms with van der Waals surface area (Å²) in [7, 11) is 0. The molecule has 1 aliphatic carbocycles. The zero-order chi connectivity index (χ0) is 20.2. The number of fused-ring (bicyclic) bond motifs is 1. The number of nitrogens with one attached hydrogen (secondary N) is 1. The van der Waals surface area contributed by atoms with Crippen molar-refractivity contribution in [2.24, 2.45) is 0 Å². The van der Waals surface area contributed by atoms with Crippen LogP contribution in [0.15, 0.2) is 48.5 Å². The first-order valence-corrected chi connectivity index (χ1v) is 11.0. The van der Waals surface area contributed by atoms with E-state index < -0.39 is 0 Å². The van der Waals surface area contributed by atoms with Gasteiger partial charge in [0.25, 0.3) is 5.91 Å². The molecule has 0 atom stereocenters. The highest BCUT2D eigenvalue weighted by molar-refractivity contribution is 6.42. The van der Waals surface area contributed by atoms with Gasteiger partial charge in [0.1, 0.15) is 0 Å². The number of benzene rings is 2. The minimum Gasteiger partial charge on any atom is -0.349 e.